The Morgan fingerprint density at radius 1 is 1.40 bits per heavy atom. The number of carbonyl (C=O) groups is 1. The van der Waals surface area contributed by atoms with E-state index in [1.807, 2.05) is 0 Å². The van der Waals surface area contributed by atoms with Crippen molar-refractivity contribution in [1.82, 2.24) is 0 Å². The molecule has 0 aliphatic carbocycles. The van der Waals surface area contributed by atoms with E-state index < -0.39 is 28.4 Å². The summed E-state index contributed by atoms with van der Waals surface area (Å²) in [6.07, 6.45) is -5.16. The standard InChI is InChI=1S/C11H7F3N2O4/c1-5-4-6-2-3-7(16(18)19)8(9(6)20-5)15-10(17)11(12,13)14/h2-4H,1H3,(H,15,17). The van der Waals surface area contributed by atoms with Crippen LogP contribution in [0, 0.1) is 17.0 Å². The van der Waals surface area contributed by atoms with Gasteiger partial charge in [0.2, 0.25) is 0 Å². The van der Waals surface area contributed by atoms with Crippen LogP contribution in [0.15, 0.2) is 22.6 Å². The summed E-state index contributed by atoms with van der Waals surface area (Å²) >= 11 is 0. The Balaban J connectivity index is 2.61. The van der Waals surface area contributed by atoms with Crippen molar-refractivity contribution < 1.29 is 27.3 Å². The van der Waals surface area contributed by atoms with Crippen molar-refractivity contribution in [3.8, 4) is 0 Å². The van der Waals surface area contributed by atoms with E-state index >= 15 is 0 Å². The van der Waals surface area contributed by atoms with Crippen LogP contribution in [0.5, 0.6) is 0 Å². The molecule has 0 radical (unpaired) electrons. The summed E-state index contributed by atoms with van der Waals surface area (Å²) < 4.78 is 41.9. The van der Waals surface area contributed by atoms with Crippen molar-refractivity contribution in [1.29, 1.82) is 0 Å². The van der Waals surface area contributed by atoms with Crippen LogP contribution in [0.3, 0.4) is 0 Å². The largest absolute Gasteiger partial charge is 0.471 e. The summed E-state index contributed by atoms with van der Waals surface area (Å²) in [5.41, 5.74) is -1.46. The van der Waals surface area contributed by atoms with E-state index in [-0.39, 0.29) is 5.58 Å². The Hall–Kier alpha value is -2.58. The Labute approximate surface area is 109 Å². The third-order valence-corrected chi connectivity index (χ3v) is 2.48. The molecule has 0 atom stereocenters. The molecule has 1 heterocycles. The second kappa shape index (κ2) is 4.51. The van der Waals surface area contributed by atoms with Crippen molar-refractivity contribution >= 4 is 28.3 Å². The molecule has 0 saturated carbocycles. The lowest BCUT2D eigenvalue weighted by molar-refractivity contribution is -0.383. The number of amides is 1. The molecule has 0 unspecified atom stereocenters. The van der Waals surface area contributed by atoms with Gasteiger partial charge in [-0.15, -0.1) is 0 Å². The van der Waals surface area contributed by atoms with Crippen LogP contribution in [0.25, 0.3) is 11.0 Å². The molecule has 0 aliphatic rings. The van der Waals surface area contributed by atoms with Gasteiger partial charge in [0.15, 0.2) is 11.3 Å². The fourth-order valence-corrected chi connectivity index (χ4v) is 1.68. The number of alkyl halides is 3. The summed E-state index contributed by atoms with van der Waals surface area (Å²) in [7, 11) is 0. The number of fused-ring (bicyclic) bond motifs is 1. The molecule has 9 heteroatoms. The summed E-state index contributed by atoms with van der Waals surface area (Å²) in [5.74, 6) is -1.95. The number of rotatable bonds is 2. The first-order valence-electron chi connectivity index (χ1n) is 5.26. The molecule has 1 amide bonds. The number of furan rings is 1. The first-order valence-corrected chi connectivity index (χ1v) is 5.26. The molecular formula is C11H7F3N2O4. The van der Waals surface area contributed by atoms with Crippen molar-refractivity contribution in [2.45, 2.75) is 13.1 Å². The maximum Gasteiger partial charge on any atom is 0.471 e. The van der Waals surface area contributed by atoms with Gasteiger partial charge in [0, 0.05) is 11.5 Å². The van der Waals surface area contributed by atoms with Gasteiger partial charge in [-0.2, -0.15) is 13.2 Å². The lowest BCUT2D eigenvalue weighted by Crippen LogP contribution is -2.30. The van der Waals surface area contributed by atoms with Crippen LogP contribution >= 0.6 is 0 Å². The highest BCUT2D eigenvalue weighted by molar-refractivity contribution is 6.05. The van der Waals surface area contributed by atoms with E-state index in [1.165, 1.54) is 24.4 Å². The van der Waals surface area contributed by atoms with Crippen LogP contribution in [-0.2, 0) is 4.79 Å². The molecule has 1 N–H and O–H groups in total. The Morgan fingerprint density at radius 2 is 2.05 bits per heavy atom. The van der Waals surface area contributed by atoms with E-state index in [0.29, 0.717) is 11.1 Å². The van der Waals surface area contributed by atoms with E-state index in [4.69, 9.17) is 4.42 Å². The highest BCUT2D eigenvalue weighted by Gasteiger charge is 2.40. The average Bonchev–Trinajstić information content (AvgIpc) is 2.68. The molecule has 0 bridgehead atoms. The fourth-order valence-electron chi connectivity index (χ4n) is 1.68. The smallest absolute Gasteiger partial charge is 0.459 e. The lowest BCUT2D eigenvalue weighted by atomic mass is 10.2. The van der Waals surface area contributed by atoms with E-state index in [2.05, 4.69) is 0 Å². The SMILES string of the molecule is Cc1cc2ccc([N+](=O)[O-])c(NC(=O)C(F)(F)F)c2o1. The maximum absolute atomic E-state index is 12.3. The number of hydrogen-bond donors (Lipinski definition) is 1. The van der Waals surface area contributed by atoms with E-state index in [0.717, 1.165) is 6.07 Å². The number of nitro benzene ring substituents is 1. The lowest BCUT2D eigenvalue weighted by Gasteiger charge is -2.08. The molecule has 20 heavy (non-hydrogen) atoms. The van der Waals surface area contributed by atoms with Gasteiger partial charge in [-0.25, -0.2) is 0 Å². The summed E-state index contributed by atoms with van der Waals surface area (Å²) in [6.45, 7) is 1.53. The van der Waals surface area contributed by atoms with E-state index in [1.54, 1.807) is 0 Å². The number of carbonyl (C=O) groups excluding carboxylic acids is 1. The second-order valence-electron chi connectivity index (χ2n) is 3.94. The quantitative estimate of drug-likeness (QED) is 0.679. The van der Waals surface area contributed by atoms with Crippen LogP contribution in [0.2, 0.25) is 0 Å². The third-order valence-electron chi connectivity index (χ3n) is 2.48. The molecule has 6 nitrogen and oxygen atoms in total. The van der Waals surface area contributed by atoms with Gasteiger partial charge in [0.25, 0.3) is 5.69 Å². The van der Waals surface area contributed by atoms with Crippen molar-refractivity contribution in [3.05, 3.63) is 34.1 Å². The normalized spacial score (nSPS) is 11.6. The Morgan fingerprint density at radius 3 is 2.60 bits per heavy atom. The second-order valence-corrected chi connectivity index (χ2v) is 3.94. The molecule has 0 aliphatic heterocycles. The minimum absolute atomic E-state index is 0.172. The van der Waals surface area contributed by atoms with Gasteiger partial charge in [-0.05, 0) is 19.1 Å². The molecular weight excluding hydrogens is 281 g/mol. The van der Waals surface area contributed by atoms with Crippen LogP contribution in [0.4, 0.5) is 24.5 Å². The van der Waals surface area contributed by atoms with Crippen molar-refractivity contribution in [2.75, 3.05) is 5.32 Å². The summed E-state index contributed by atoms with van der Waals surface area (Å²) in [6, 6.07) is 3.82. The summed E-state index contributed by atoms with van der Waals surface area (Å²) in [4.78, 5) is 20.9. The van der Waals surface area contributed by atoms with Gasteiger partial charge in [0.1, 0.15) is 5.76 Å². The number of nitrogens with one attached hydrogen (secondary N) is 1. The zero-order valence-electron chi connectivity index (χ0n) is 9.95. The van der Waals surface area contributed by atoms with Crippen molar-refractivity contribution in [2.24, 2.45) is 0 Å². The zero-order valence-corrected chi connectivity index (χ0v) is 9.95. The molecule has 0 saturated heterocycles. The van der Waals surface area contributed by atoms with Gasteiger partial charge < -0.3 is 9.73 Å². The van der Waals surface area contributed by atoms with E-state index in [9.17, 15) is 28.1 Å². The highest BCUT2D eigenvalue weighted by atomic mass is 19.4. The number of anilines is 1. The van der Waals surface area contributed by atoms with Gasteiger partial charge in [0.05, 0.1) is 4.92 Å². The zero-order chi connectivity index (χ0) is 15.1. The molecule has 1 aromatic heterocycles. The molecule has 106 valence electrons. The average molecular weight is 288 g/mol. The minimum Gasteiger partial charge on any atom is -0.459 e. The Kier molecular flexibility index (Phi) is 3.12. The van der Waals surface area contributed by atoms with Crippen LogP contribution in [-0.4, -0.2) is 17.0 Å². The number of nitrogens with zero attached hydrogens (tertiary/aromatic N) is 1. The number of aryl methyl sites for hydroxylation is 1. The first kappa shape index (κ1) is 13.8. The van der Waals surface area contributed by atoms with Crippen LogP contribution in [0.1, 0.15) is 5.76 Å². The molecule has 0 fully saturated rings. The number of halogens is 3. The van der Waals surface area contributed by atoms with Crippen LogP contribution < -0.4 is 5.32 Å². The predicted molar refractivity (Wildman–Crippen MR) is 62.3 cm³/mol. The predicted octanol–water partition coefficient (Wildman–Crippen LogP) is 3.15. The molecule has 2 aromatic rings. The molecule has 1 aromatic carbocycles. The molecule has 0 spiro atoms. The maximum atomic E-state index is 12.3. The first-order chi connectivity index (χ1) is 9.20. The summed E-state index contributed by atoms with van der Waals surface area (Å²) in [5, 5.41) is 12.7. The van der Waals surface area contributed by atoms with Crippen molar-refractivity contribution in [3.63, 3.8) is 0 Å². The van der Waals surface area contributed by atoms with Gasteiger partial charge in [-0.1, -0.05) is 0 Å². The number of nitro groups is 1. The number of hydrogen-bond acceptors (Lipinski definition) is 4. The number of benzene rings is 1. The third kappa shape index (κ3) is 2.42. The highest BCUT2D eigenvalue weighted by Crippen LogP contribution is 2.35. The topological polar surface area (TPSA) is 85.4 Å². The monoisotopic (exact) mass is 288 g/mol. The molecule has 2 rings (SSSR count). The fraction of sp³-hybridized carbons (Fsp3) is 0.182. The van der Waals surface area contributed by atoms with Gasteiger partial charge in [-0.3, -0.25) is 14.9 Å². The Bertz CT molecular complexity index is 705. The van der Waals surface area contributed by atoms with Gasteiger partial charge >= 0.3 is 12.1 Å². The minimum atomic E-state index is -5.16.